The molecule has 3 rings (SSSR count). The van der Waals surface area contributed by atoms with Gasteiger partial charge in [0.05, 0.1) is 8.66 Å². The van der Waals surface area contributed by atoms with Gasteiger partial charge in [-0.15, -0.1) is 11.3 Å². The largest absolute Gasteiger partial charge is 0.282 e. The third-order valence-electron chi connectivity index (χ3n) is 3.09. The van der Waals surface area contributed by atoms with Crippen LogP contribution in [-0.4, -0.2) is 22.6 Å². The maximum Gasteiger partial charge on any atom is 0.253 e. The van der Waals surface area contributed by atoms with Crippen LogP contribution in [0, 0.1) is 0 Å². The van der Waals surface area contributed by atoms with Crippen molar-refractivity contribution in [3.63, 3.8) is 0 Å². The lowest BCUT2D eigenvalue weighted by molar-refractivity contribution is -0.548. The highest BCUT2D eigenvalue weighted by molar-refractivity contribution is 9.11. The Balaban J connectivity index is 2.10. The Bertz CT molecular complexity index is 475. The van der Waals surface area contributed by atoms with E-state index in [1.807, 2.05) is 6.07 Å². The number of nitrogens with zero attached hydrogens (tertiary/aromatic N) is 1. The summed E-state index contributed by atoms with van der Waals surface area (Å²) in [7, 11) is 0. The Morgan fingerprint density at radius 2 is 2.27 bits per heavy atom. The number of Topliss-reactive ketones (excluding diaryl/α,β-unsaturated/α-hetero) is 1. The quantitative estimate of drug-likeness (QED) is 0.671. The molecule has 78 valence electrons. The average molecular weight is 285 g/mol. The fourth-order valence-corrected chi connectivity index (χ4v) is 4.06. The van der Waals surface area contributed by atoms with Gasteiger partial charge in [0.1, 0.15) is 6.54 Å². The highest BCUT2D eigenvalue weighted by atomic mass is 79.9. The van der Waals surface area contributed by atoms with Gasteiger partial charge in [0, 0.05) is 18.4 Å². The van der Waals surface area contributed by atoms with E-state index in [1.165, 1.54) is 11.3 Å². The number of fused-ring (bicyclic) bond motifs is 1. The minimum atomic E-state index is 0.262. The lowest BCUT2D eigenvalue weighted by Gasteiger charge is -2.17. The first-order valence-corrected chi connectivity index (χ1v) is 6.80. The topological polar surface area (TPSA) is 20.1 Å². The molecule has 2 aliphatic rings. The summed E-state index contributed by atoms with van der Waals surface area (Å²) >= 11 is 5.15. The standard InChI is InChI=1S/C11H11BrNOS/c12-10-5-7-9(15-10)6-13-4-2-1-3-8(13)11(7)14/h5H,1-4,6H2/q+1. The van der Waals surface area contributed by atoms with Gasteiger partial charge >= 0.3 is 0 Å². The van der Waals surface area contributed by atoms with Crippen molar-refractivity contribution in [2.24, 2.45) is 0 Å². The van der Waals surface area contributed by atoms with Crippen LogP contribution in [0.25, 0.3) is 0 Å². The molecule has 0 amide bonds. The van der Waals surface area contributed by atoms with Gasteiger partial charge < -0.3 is 0 Å². The highest BCUT2D eigenvalue weighted by Gasteiger charge is 2.35. The van der Waals surface area contributed by atoms with E-state index in [-0.39, 0.29) is 5.78 Å². The van der Waals surface area contributed by atoms with Crippen LogP contribution >= 0.6 is 27.3 Å². The monoisotopic (exact) mass is 284 g/mol. The van der Waals surface area contributed by atoms with Gasteiger partial charge in [-0.05, 0) is 28.4 Å². The van der Waals surface area contributed by atoms with Crippen LogP contribution in [0.4, 0.5) is 0 Å². The normalized spacial score (nSPS) is 20.2. The third kappa shape index (κ3) is 1.51. The number of halogens is 1. The minimum Gasteiger partial charge on any atom is -0.282 e. The lowest BCUT2D eigenvalue weighted by atomic mass is 9.96. The number of ketones is 1. The number of carbonyl (C=O) groups is 1. The van der Waals surface area contributed by atoms with Crippen LogP contribution in [0.1, 0.15) is 34.5 Å². The summed E-state index contributed by atoms with van der Waals surface area (Å²) in [4.78, 5) is 13.4. The molecular weight excluding hydrogens is 274 g/mol. The van der Waals surface area contributed by atoms with Crippen molar-refractivity contribution in [2.45, 2.75) is 25.8 Å². The van der Waals surface area contributed by atoms with E-state index in [9.17, 15) is 4.79 Å². The zero-order chi connectivity index (χ0) is 10.4. The Morgan fingerprint density at radius 1 is 1.40 bits per heavy atom. The van der Waals surface area contributed by atoms with E-state index in [0.29, 0.717) is 0 Å². The predicted molar refractivity (Wildman–Crippen MR) is 64.0 cm³/mol. The van der Waals surface area contributed by atoms with Gasteiger partial charge in [0.2, 0.25) is 5.71 Å². The van der Waals surface area contributed by atoms with E-state index < -0.39 is 0 Å². The van der Waals surface area contributed by atoms with Gasteiger partial charge in [0.25, 0.3) is 5.78 Å². The molecular formula is C11H11BrNOS+. The van der Waals surface area contributed by atoms with Crippen molar-refractivity contribution < 1.29 is 9.37 Å². The van der Waals surface area contributed by atoms with Crippen molar-refractivity contribution in [2.75, 3.05) is 6.54 Å². The summed E-state index contributed by atoms with van der Waals surface area (Å²) in [6.45, 7) is 1.99. The Kier molecular flexibility index (Phi) is 2.29. The number of carbonyl (C=O) groups excluding carboxylic acids is 1. The second-order valence-electron chi connectivity index (χ2n) is 4.04. The van der Waals surface area contributed by atoms with E-state index in [2.05, 4.69) is 20.5 Å². The first-order chi connectivity index (χ1) is 7.25. The number of rotatable bonds is 0. The second kappa shape index (κ2) is 3.52. The number of hydrogen-bond acceptors (Lipinski definition) is 2. The summed E-state index contributed by atoms with van der Waals surface area (Å²) in [5.74, 6) is 0.262. The van der Waals surface area contributed by atoms with Crippen LogP contribution in [0.2, 0.25) is 0 Å². The molecule has 0 spiro atoms. The molecule has 3 heterocycles. The van der Waals surface area contributed by atoms with Crippen molar-refractivity contribution in [3.05, 3.63) is 20.3 Å². The zero-order valence-electron chi connectivity index (χ0n) is 8.25. The molecule has 0 N–H and O–H groups in total. The molecule has 0 fully saturated rings. The molecule has 2 nitrogen and oxygen atoms in total. The minimum absolute atomic E-state index is 0.262. The molecule has 2 aliphatic heterocycles. The first kappa shape index (κ1) is 9.73. The van der Waals surface area contributed by atoms with Gasteiger partial charge in [-0.1, -0.05) is 0 Å². The molecule has 0 radical (unpaired) electrons. The Hall–Kier alpha value is -0.480. The van der Waals surface area contributed by atoms with Crippen LogP contribution < -0.4 is 0 Å². The summed E-state index contributed by atoms with van der Waals surface area (Å²) in [5.41, 5.74) is 1.97. The smallest absolute Gasteiger partial charge is 0.253 e. The molecule has 1 aromatic rings. The summed E-state index contributed by atoms with van der Waals surface area (Å²) in [6.07, 6.45) is 3.35. The zero-order valence-corrected chi connectivity index (χ0v) is 10.7. The third-order valence-corrected chi connectivity index (χ3v) is 4.72. The lowest BCUT2D eigenvalue weighted by Crippen LogP contribution is -2.36. The Labute approximate surface area is 101 Å². The van der Waals surface area contributed by atoms with Crippen LogP contribution in [0.3, 0.4) is 0 Å². The maximum absolute atomic E-state index is 12.2. The fourth-order valence-electron chi connectivity index (χ4n) is 2.35. The van der Waals surface area contributed by atoms with E-state index in [0.717, 1.165) is 41.0 Å². The number of hydrogen-bond donors (Lipinski definition) is 0. The molecule has 1 aromatic heterocycles. The molecule has 15 heavy (non-hydrogen) atoms. The average Bonchev–Trinajstić information content (AvgIpc) is 2.59. The van der Waals surface area contributed by atoms with Crippen LogP contribution in [0.15, 0.2) is 9.85 Å². The molecule has 0 atom stereocenters. The van der Waals surface area contributed by atoms with Crippen LogP contribution in [-0.2, 0) is 6.54 Å². The molecule has 4 heteroatoms. The molecule has 0 bridgehead atoms. The molecule has 0 unspecified atom stereocenters. The summed E-state index contributed by atoms with van der Waals surface area (Å²) < 4.78 is 3.33. The molecule has 0 aliphatic carbocycles. The van der Waals surface area contributed by atoms with Crippen LogP contribution in [0.5, 0.6) is 0 Å². The van der Waals surface area contributed by atoms with Crippen molar-refractivity contribution >= 4 is 38.8 Å². The summed E-state index contributed by atoms with van der Waals surface area (Å²) in [5, 5.41) is 0. The Morgan fingerprint density at radius 3 is 3.13 bits per heavy atom. The van der Waals surface area contributed by atoms with Gasteiger partial charge in [-0.2, -0.15) is 0 Å². The maximum atomic E-state index is 12.2. The van der Waals surface area contributed by atoms with Gasteiger partial charge in [0.15, 0.2) is 6.54 Å². The van der Waals surface area contributed by atoms with Crippen molar-refractivity contribution in [1.82, 2.24) is 0 Å². The molecule has 0 aromatic carbocycles. The van der Waals surface area contributed by atoms with E-state index in [4.69, 9.17) is 0 Å². The van der Waals surface area contributed by atoms with Crippen molar-refractivity contribution in [1.29, 1.82) is 0 Å². The van der Waals surface area contributed by atoms with Crippen molar-refractivity contribution in [3.8, 4) is 0 Å². The molecule has 0 saturated heterocycles. The highest BCUT2D eigenvalue weighted by Crippen LogP contribution is 2.32. The van der Waals surface area contributed by atoms with E-state index in [1.54, 1.807) is 11.3 Å². The second-order valence-corrected chi connectivity index (χ2v) is 6.56. The van der Waals surface area contributed by atoms with E-state index >= 15 is 0 Å². The number of thiophene rings is 1. The fraction of sp³-hybridized carbons (Fsp3) is 0.455. The summed E-state index contributed by atoms with van der Waals surface area (Å²) in [6, 6.07) is 1.97. The first-order valence-electron chi connectivity index (χ1n) is 5.19. The van der Waals surface area contributed by atoms with Gasteiger partial charge in [-0.25, -0.2) is 4.58 Å². The SMILES string of the molecule is O=C1C2=[N+](CCCC2)Cc2sc(Br)cc21. The predicted octanol–water partition coefficient (Wildman–Crippen LogP) is 2.84. The van der Waals surface area contributed by atoms with Gasteiger partial charge in [-0.3, -0.25) is 4.79 Å². The molecule has 0 saturated carbocycles.